The molecule has 0 saturated heterocycles. The number of carbonyl (C=O) groups is 2. The van der Waals surface area contributed by atoms with Gasteiger partial charge in [-0.3, -0.25) is 13.9 Å². The lowest BCUT2D eigenvalue weighted by molar-refractivity contribution is -0.148. The van der Waals surface area contributed by atoms with E-state index in [-0.39, 0.29) is 13.0 Å². The Kier molecular flexibility index (Phi) is 10.2. The molecule has 4 N–H and O–H groups in total. The lowest BCUT2D eigenvalue weighted by Gasteiger charge is -2.23. The zero-order chi connectivity index (χ0) is 26.8. The Morgan fingerprint density at radius 2 is 1.46 bits per heavy atom. The summed E-state index contributed by atoms with van der Waals surface area (Å²) in [5, 5.41) is 2.62. The first-order valence-electron chi connectivity index (χ1n) is 12.0. The number of esters is 1. The Labute approximate surface area is 217 Å². The predicted octanol–water partition coefficient (Wildman–Crippen LogP) is 4.27. The van der Waals surface area contributed by atoms with E-state index in [1.165, 1.54) is 13.8 Å². The van der Waals surface area contributed by atoms with Crippen LogP contribution in [0.1, 0.15) is 25.0 Å². The number of ether oxygens (including phenoxy) is 1. The summed E-state index contributed by atoms with van der Waals surface area (Å²) in [7, 11) is -4.17. The molecule has 196 valence electrons. The molecule has 4 unspecified atom stereocenters. The Hall–Kier alpha value is -3.29. The number of carbonyl (C=O) groups excluding carboxylic acids is 2. The fraction of sp³-hybridized carbons (Fsp3) is 0.286. The van der Waals surface area contributed by atoms with Crippen LogP contribution in [0.3, 0.4) is 0 Å². The molecule has 0 fully saturated rings. The first-order chi connectivity index (χ1) is 17.6. The standard InChI is InChI=1S/C28H33N2O6P/c1-20(28(32)35-18-23-9-5-3-6-10-23)30-27(31)26(19-37(33,34)36-21(2)29)17-22-13-15-25(16-14-22)24-11-7-4-8-12-24/h3-16,20-21,26H,17-19,29H2,1-2H3,(H,30,31)(H,33,34). The molecule has 3 aromatic carbocycles. The first kappa shape index (κ1) is 28.3. The Morgan fingerprint density at radius 3 is 2.05 bits per heavy atom. The average Bonchev–Trinajstić information content (AvgIpc) is 2.87. The molecular weight excluding hydrogens is 491 g/mol. The fourth-order valence-electron chi connectivity index (χ4n) is 3.81. The largest absolute Gasteiger partial charge is 0.459 e. The minimum absolute atomic E-state index is 0.0745. The molecule has 37 heavy (non-hydrogen) atoms. The van der Waals surface area contributed by atoms with E-state index < -0.39 is 43.8 Å². The van der Waals surface area contributed by atoms with Crippen LogP contribution in [0.25, 0.3) is 11.1 Å². The van der Waals surface area contributed by atoms with Crippen molar-refractivity contribution in [2.75, 3.05) is 6.16 Å². The highest BCUT2D eigenvalue weighted by Gasteiger charge is 2.32. The minimum Gasteiger partial charge on any atom is -0.459 e. The SMILES string of the molecule is CC(N)OP(=O)(O)CC(Cc1ccc(-c2ccccc2)cc1)C(=O)NC(C)C(=O)OCc1ccccc1. The molecule has 0 saturated carbocycles. The molecule has 3 aromatic rings. The van der Waals surface area contributed by atoms with E-state index in [2.05, 4.69) is 5.32 Å². The summed E-state index contributed by atoms with van der Waals surface area (Å²) in [4.78, 5) is 35.9. The minimum atomic E-state index is -4.17. The molecule has 0 radical (unpaired) electrons. The highest BCUT2D eigenvalue weighted by atomic mass is 31.2. The summed E-state index contributed by atoms with van der Waals surface area (Å²) in [5.41, 5.74) is 9.21. The predicted molar refractivity (Wildman–Crippen MR) is 142 cm³/mol. The van der Waals surface area contributed by atoms with Gasteiger partial charge in [0.25, 0.3) is 0 Å². The maximum absolute atomic E-state index is 13.2. The van der Waals surface area contributed by atoms with Gasteiger partial charge in [-0.05, 0) is 42.5 Å². The van der Waals surface area contributed by atoms with E-state index in [1.54, 1.807) is 0 Å². The summed E-state index contributed by atoms with van der Waals surface area (Å²) in [6.45, 7) is 3.02. The number of nitrogens with two attached hydrogens (primary N) is 1. The van der Waals surface area contributed by atoms with Gasteiger partial charge in [0, 0.05) is 0 Å². The van der Waals surface area contributed by atoms with Gasteiger partial charge < -0.3 is 20.7 Å². The van der Waals surface area contributed by atoms with E-state index in [0.717, 1.165) is 22.3 Å². The lowest BCUT2D eigenvalue weighted by atomic mass is 9.97. The van der Waals surface area contributed by atoms with Gasteiger partial charge in [-0.25, -0.2) is 4.79 Å². The van der Waals surface area contributed by atoms with Crippen molar-refractivity contribution < 1.29 is 28.3 Å². The quantitative estimate of drug-likeness (QED) is 0.183. The zero-order valence-corrected chi connectivity index (χ0v) is 21.8. The van der Waals surface area contributed by atoms with Gasteiger partial charge in [-0.1, -0.05) is 84.9 Å². The van der Waals surface area contributed by atoms with E-state index in [9.17, 15) is 19.0 Å². The maximum atomic E-state index is 13.2. The Morgan fingerprint density at radius 1 is 0.892 bits per heavy atom. The van der Waals surface area contributed by atoms with Crippen LogP contribution in [-0.4, -0.2) is 35.2 Å². The molecule has 0 aliphatic carbocycles. The van der Waals surface area contributed by atoms with Crippen molar-refractivity contribution in [2.24, 2.45) is 11.7 Å². The van der Waals surface area contributed by atoms with Gasteiger partial charge in [0.1, 0.15) is 18.9 Å². The molecule has 0 spiro atoms. The summed E-state index contributed by atoms with van der Waals surface area (Å²) in [5.74, 6) is -2.11. The number of nitrogens with one attached hydrogen (secondary N) is 1. The van der Waals surface area contributed by atoms with Gasteiger partial charge in [0.2, 0.25) is 5.91 Å². The lowest BCUT2D eigenvalue weighted by Crippen LogP contribution is -2.44. The van der Waals surface area contributed by atoms with Crippen molar-refractivity contribution in [3.05, 3.63) is 96.1 Å². The van der Waals surface area contributed by atoms with E-state index in [0.29, 0.717) is 0 Å². The Bertz CT molecular complexity index is 1200. The number of rotatable bonds is 12. The van der Waals surface area contributed by atoms with Crippen LogP contribution in [0, 0.1) is 5.92 Å². The number of hydrogen-bond donors (Lipinski definition) is 3. The van der Waals surface area contributed by atoms with Crippen molar-refractivity contribution in [2.45, 2.75) is 39.1 Å². The summed E-state index contributed by atoms with van der Waals surface area (Å²) in [6, 6.07) is 25.7. The smallest absolute Gasteiger partial charge is 0.330 e. The molecule has 3 rings (SSSR count). The maximum Gasteiger partial charge on any atom is 0.330 e. The van der Waals surface area contributed by atoms with Crippen molar-refractivity contribution in [3.63, 3.8) is 0 Å². The number of benzene rings is 3. The molecule has 0 aliphatic rings. The molecule has 0 aliphatic heterocycles. The first-order valence-corrected chi connectivity index (χ1v) is 13.8. The third-order valence-corrected chi connectivity index (χ3v) is 7.20. The van der Waals surface area contributed by atoms with Crippen molar-refractivity contribution in [1.29, 1.82) is 0 Å². The van der Waals surface area contributed by atoms with Gasteiger partial charge in [0.15, 0.2) is 0 Å². The van der Waals surface area contributed by atoms with Gasteiger partial charge in [0.05, 0.1) is 12.1 Å². The highest BCUT2D eigenvalue weighted by Crippen LogP contribution is 2.45. The third kappa shape index (κ3) is 9.26. The van der Waals surface area contributed by atoms with Gasteiger partial charge in [-0.2, -0.15) is 0 Å². The monoisotopic (exact) mass is 524 g/mol. The van der Waals surface area contributed by atoms with Crippen LogP contribution in [0.5, 0.6) is 0 Å². The van der Waals surface area contributed by atoms with Crippen LogP contribution in [0.4, 0.5) is 0 Å². The number of hydrogen-bond acceptors (Lipinski definition) is 6. The van der Waals surface area contributed by atoms with Crippen molar-refractivity contribution in [3.8, 4) is 11.1 Å². The summed E-state index contributed by atoms with van der Waals surface area (Å²) >= 11 is 0. The second-order valence-corrected chi connectivity index (χ2v) is 10.8. The van der Waals surface area contributed by atoms with Gasteiger partial charge in [-0.15, -0.1) is 0 Å². The summed E-state index contributed by atoms with van der Waals surface area (Å²) in [6.07, 6.45) is -1.26. The average molecular weight is 525 g/mol. The molecule has 4 atom stereocenters. The second kappa shape index (κ2) is 13.3. The molecule has 9 heteroatoms. The number of amides is 1. The molecule has 1 amide bonds. The summed E-state index contributed by atoms with van der Waals surface area (Å²) < 4.78 is 22.9. The van der Waals surface area contributed by atoms with Crippen LogP contribution >= 0.6 is 7.60 Å². The third-order valence-electron chi connectivity index (χ3n) is 5.63. The van der Waals surface area contributed by atoms with Crippen LogP contribution in [0.2, 0.25) is 0 Å². The fourth-order valence-corrected chi connectivity index (χ4v) is 5.27. The van der Waals surface area contributed by atoms with Crippen LogP contribution in [0.15, 0.2) is 84.9 Å². The Balaban J connectivity index is 1.69. The second-order valence-electron chi connectivity index (χ2n) is 8.92. The van der Waals surface area contributed by atoms with Crippen LogP contribution < -0.4 is 11.1 Å². The van der Waals surface area contributed by atoms with Crippen molar-refractivity contribution >= 4 is 19.5 Å². The topological polar surface area (TPSA) is 128 Å². The molecule has 8 nitrogen and oxygen atoms in total. The van der Waals surface area contributed by atoms with Crippen LogP contribution in [-0.2, 0) is 36.4 Å². The zero-order valence-electron chi connectivity index (χ0n) is 20.9. The van der Waals surface area contributed by atoms with E-state index >= 15 is 0 Å². The molecule has 0 aromatic heterocycles. The van der Waals surface area contributed by atoms with Crippen molar-refractivity contribution in [1.82, 2.24) is 5.32 Å². The van der Waals surface area contributed by atoms with E-state index in [4.69, 9.17) is 15.0 Å². The normalized spacial score (nSPS) is 15.1. The molecular formula is C28H33N2O6P. The van der Waals surface area contributed by atoms with E-state index in [1.807, 2.05) is 84.9 Å². The van der Waals surface area contributed by atoms with Gasteiger partial charge >= 0.3 is 13.6 Å². The molecule has 0 heterocycles. The highest BCUT2D eigenvalue weighted by molar-refractivity contribution is 7.52. The molecule has 0 bridgehead atoms.